The van der Waals surface area contributed by atoms with E-state index in [0.29, 0.717) is 30.9 Å². The van der Waals surface area contributed by atoms with Crippen LogP contribution < -0.4 is 16.8 Å². The minimum atomic E-state index is -0.643. The van der Waals surface area contributed by atoms with Crippen molar-refractivity contribution in [3.8, 4) is 0 Å². The van der Waals surface area contributed by atoms with Crippen LogP contribution in [0.15, 0.2) is 24.3 Å². The van der Waals surface area contributed by atoms with Crippen molar-refractivity contribution in [3.63, 3.8) is 0 Å². The fourth-order valence-electron chi connectivity index (χ4n) is 3.63. The molecule has 130 valence electrons. The van der Waals surface area contributed by atoms with E-state index < -0.39 is 6.03 Å². The van der Waals surface area contributed by atoms with E-state index in [0.717, 1.165) is 25.9 Å². The zero-order chi connectivity index (χ0) is 17.2. The van der Waals surface area contributed by atoms with Crippen molar-refractivity contribution in [2.75, 3.05) is 31.6 Å². The molecule has 0 aliphatic carbocycles. The van der Waals surface area contributed by atoms with Crippen molar-refractivity contribution in [3.05, 3.63) is 29.8 Å². The number of hydrogen-bond donors (Lipinski definition) is 3. The number of carbonyl (C=O) groups is 2. The molecule has 2 aliphatic rings. The molecule has 2 aliphatic heterocycles. The third kappa shape index (κ3) is 3.52. The van der Waals surface area contributed by atoms with Crippen molar-refractivity contribution in [1.29, 1.82) is 0 Å². The molecule has 1 aromatic rings. The quantitative estimate of drug-likeness (QED) is 0.771. The molecule has 3 rings (SSSR count). The number of carbonyl (C=O) groups excluding carboxylic acids is 2. The zero-order valence-corrected chi connectivity index (χ0v) is 13.7. The lowest BCUT2D eigenvalue weighted by Gasteiger charge is -2.38. The van der Waals surface area contributed by atoms with Gasteiger partial charge in [0.1, 0.15) is 0 Å². The smallest absolute Gasteiger partial charge is 0.316 e. The lowest BCUT2D eigenvalue weighted by molar-refractivity contribution is 0.0502. The maximum Gasteiger partial charge on any atom is 0.316 e. The molecule has 0 bridgehead atoms. The highest BCUT2D eigenvalue weighted by Crippen LogP contribution is 2.41. The van der Waals surface area contributed by atoms with Gasteiger partial charge >= 0.3 is 6.03 Å². The summed E-state index contributed by atoms with van der Waals surface area (Å²) in [7, 11) is 0. The normalized spacial score (nSPS) is 22.5. The molecular formula is C17H24N4O3. The number of benzene rings is 1. The van der Waals surface area contributed by atoms with Gasteiger partial charge in [-0.1, -0.05) is 6.07 Å². The van der Waals surface area contributed by atoms with Gasteiger partial charge in [-0.05, 0) is 42.9 Å². The molecule has 7 heteroatoms. The van der Waals surface area contributed by atoms with Crippen LogP contribution in [0.3, 0.4) is 0 Å². The first-order valence-corrected chi connectivity index (χ1v) is 8.29. The number of ether oxygens (including phenoxy) is 1. The SMILES string of the molecule is NCC1CC2(CCN(C(=O)c3cccc(NC(N)=O)c3)CC2)CO1. The number of hydrogen-bond acceptors (Lipinski definition) is 4. The van der Waals surface area contributed by atoms with E-state index >= 15 is 0 Å². The molecule has 1 spiro atoms. The Bertz CT molecular complexity index is 626. The van der Waals surface area contributed by atoms with E-state index in [9.17, 15) is 9.59 Å². The molecule has 1 atom stereocenters. The summed E-state index contributed by atoms with van der Waals surface area (Å²) in [6.45, 7) is 2.74. The van der Waals surface area contributed by atoms with Gasteiger partial charge in [0.25, 0.3) is 5.91 Å². The number of piperidine rings is 1. The van der Waals surface area contributed by atoms with E-state index in [-0.39, 0.29) is 17.4 Å². The standard InChI is InChI=1S/C17H24N4O3/c18-10-14-9-17(11-24-14)4-6-21(7-5-17)15(22)12-2-1-3-13(8-12)20-16(19)23/h1-3,8,14H,4-7,9-11,18H2,(H3,19,20,23). The Labute approximate surface area is 141 Å². The van der Waals surface area contributed by atoms with Crippen LogP contribution in [0, 0.1) is 5.41 Å². The molecule has 2 saturated heterocycles. The summed E-state index contributed by atoms with van der Waals surface area (Å²) >= 11 is 0. The molecular weight excluding hydrogens is 308 g/mol. The third-order valence-electron chi connectivity index (χ3n) is 5.04. The van der Waals surface area contributed by atoms with Crippen molar-refractivity contribution < 1.29 is 14.3 Å². The lowest BCUT2D eigenvalue weighted by Crippen LogP contribution is -2.43. The Morgan fingerprint density at radius 1 is 1.33 bits per heavy atom. The number of rotatable bonds is 3. The topological polar surface area (TPSA) is 111 Å². The predicted molar refractivity (Wildman–Crippen MR) is 90.6 cm³/mol. The number of urea groups is 1. The number of nitrogens with two attached hydrogens (primary N) is 2. The van der Waals surface area contributed by atoms with Crippen LogP contribution >= 0.6 is 0 Å². The van der Waals surface area contributed by atoms with Gasteiger partial charge < -0.3 is 26.4 Å². The predicted octanol–water partition coefficient (Wildman–Crippen LogP) is 1.15. The number of primary amides is 1. The molecule has 0 radical (unpaired) electrons. The van der Waals surface area contributed by atoms with Gasteiger partial charge in [-0.15, -0.1) is 0 Å². The minimum absolute atomic E-state index is 0.0211. The second-order valence-corrected chi connectivity index (χ2v) is 6.74. The Morgan fingerprint density at radius 3 is 2.71 bits per heavy atom. The average Bonchev–Trinajstić information content (AvgIpc) is 2.97. The minimum Gasteiger partial charge on any atom is -0.376 e. The second kappa shape index (κ2) is 6.78. The van der Waals surface area contributed by atoms with Crippen LogP contribution in [0.25, 0.3) is 0 Å². The van der Waals surface area contributed by atoms with Crippen LogP contribution in [0.2, 0.25) is 0 Å². The van der Waals surface area contributed by atoms with Gasteiger partial charge in [-0.3, -0.25) is 4.79 Å². The molecule has 1 unspecified atom stereocenters. The number of amides is 3. The summed E-state index contributed by atoms with van der Waals surface area (Å²) in [5, 5.41) is 2.49. The van der Waals surface area contributed by atoms with E-state index in [1.165, 1.54) is 0 Å². The van der Waals surface area contributed by atoms with Gasteiger partial charge in [0.2, 0.25) is 0 Å². The third-order valence-corrected chi connectivity index (χ3v) is 5.04. The largest absolute Gasteiger partial charge is 0.376 e. The first-order valence-electron chi connectivity index (χ1n) is 8.29. The summed E-state index contributed by atoms with van der Waals surface area (Å²) in [5.74, 6) is -0.0211. The molecule has 7 nitrogen and oxygen atoms in total. The highest BCUT2D eigenvalue weighted by atomic mass is 16.5. The van der Waals surface area contributed by atoms with Gasteiger partial charge in [0.05, 0.1) is 12.7 Å². The summed E-state index contributed by atoms with van der Waals surface area (Å²) in [4.78, 5) is 25.5. The van der Waals surface area contributed by atoms with Crippen LogP contribution in [0.4, 0.5) is 10.5 Å². The Morgan fingerprint density at radius 2 is 2.08 bits per heavy atom. The summed E-state index contributed by atoms with van der Waals surface area (Å²) < 4.78 is 5.75. The number of nitrogens with zero attached hydrogens (tertiary/aromatic N) is 1. The van der Waals surface area contributed by atoms with Gasteiger partial charge in [0, 0.05) is 30.9 Å². The highest BCUT2D eigenvalue weighted by molar-refractivity contribution is 5.96. The Balaban J connectivity index is 1.62. The molecule has 0 saturated carbocycles. The maximum atomic E-state index is 12.7. The summed E-state index contributed by atoms with van der Waals surface area (Å²) in [5.41, 5.74) is 12.1. The zero-order valence-electron chi connectivity index (χ0n) is 13.7. The van der Waals surface area contributed by atoms with E-state index in [2.05, 4.69) is 5.32 Å². The molecule has 1 aromatic carbocycles. The first-order chi connectivity index (χ1) is 11.5. The van der Waals surface area contributed by atoms with E-state index in [4.69, 9.17) is 16.2 Å². The highest BCUT2D eigenvalue weighted by Gasteiger charge is 2.42. The van der Waals surface area contributed by atoms with E-state index in [1.807, 2.05) is 4.90 Å². The average molecular weight is 332 g/mol. The lowest BCUT2D eigenvalue weighted by atomic mass is 9.76. The molecule has 2 fully saturated rings. The molecule has 24 heavy (non-hydrogen) atoms. The Hall–Kier alpha value is -2.12. The molecule has 5 N–H and O–H groups in total. The van der Waals surface area contributed by atoms with E-state index in [1.54, 1.807) is 24.3 Å². The summed E-state index contributed by atoms with van der Waals surface area (Å²) in [6.07, 6.45) is 3.02. The Kier molecular flexibility index (Phi) is 4.73. The fourth-order valence-corrected chi connectivity index (χ4v) is 3.63. The van der Waals surface area contributed by atoms with Crippen LogP contribution in [0.1, 0.15) is 29.6 Å². The molecule has 2 heterocycles. The first kappa shape index (κ1) is 16.7. The van der Waals surface area contributed by atoms with Crippen LogP contribution in [0.5, 0.6) is 0 Å². The molecule has 3 amide bonds. The fraction of sp³-hybridized carbons (Fsp3) is 0.529. The van der Waals surface area contributed by atoms with Crippen molar-refractivity contribution in [2.24, 2.45) is 16.9 Å². The second-order valence-electron chi connectivity index (χ2n) is 6.74. The van der Waals surface area contributed by atoms with Gasteiger partial charge in [-0.2, -0.15) is 0 Å². The maximum absolute atomic E-state index is 12.7. The van der Waals surface area contributed by atoms with Crippen molar-refractivity contribution in [2.45, 2.75) is 25.4 Å². The molecule has 0 aromatic heterocycles. The monoisotopic (exact) mass is 332 g/mol. The van der Waals surface area contributed by atoms with Crippen LogP contribution in [-0.2, 0) is 4.74 Å². The van der Waals surface area contributed by atoms with Crippen molar-refractivity contribution in [1.82, 2.24) is 4.90 Å². The summed E-state index contributed by atoms with van der Waals surface area (Å²) in [6, 6.07) is 6.20. The van der Waals surface area contributed by atoms with Crippen LogP contribution in [-0.4, -0.2) is 49.2 Å². The number of likely N-dealkylation sites (tertiary alicyclic amines) is 1. The number of nitrogens with one attached hydrogen (secondary N) is 1. The van der Waals surface area contributed by atoms with Crippen molar-refractivity contribution >= 4 is 17.6 Å². The van der Waals surface area contributed by atoms with Gasteiger partial charge in [-0.25, -0.2) is 4.79 Å². The van der Waals surface area contributed by atoms with Gasteiger partial charge in [0.15, 0.2) is 0 Å². The number of anilines is 1.